The smallest absolute Gasteiger partial charge is 0.282 e. The molecule has 2 N–H and O–H groups in total. The number of carbonyl (C=O) groups excluding carboxylic acids is 2. The number of carbonyl (C=O) groups is 2. The van der Waals surface area contributed by atoms with Gasteiger partial charge in [0.05, 0.1) is 0 Å². The van der Waals surface area contributed by atoms with E-state index in [0.29, 0.717) is 19.6 Å². The summed E-state index contributed by atoms with van der Waals surface area (Å²) in [6, 6.07) is 0.144. The summed E-state index contributed by atoms with van der Waals surface area (Å²) in [5.41, 5.74) is 6.01. The molecule has 0 radical (unpaired) electrons. The molecular formula is C12H21N3O2S. The van der Waals surface area contributed by atoms with E-state index in [1.165, 1.54) is 11.8 Å². The summed E-state index contributed by atoms with van der Waals surface area (Å²) in [6.45, 7) is 6.48. The van der Waals surface area contributed by atoms with Crippen LogP contribution in [-0.4, -0.2) is 58.9 Å². The molecule has 2 rings (SSSR count). The quantitative estimate of drug-likeness (QED) is 0.804. The molecule has 0 bridgehead atoms. The Morgan fingerprint density at radius 1 is 1.50 bits per heavy atom. The molecule has 0 spiro atoms. The average molecular weight is 271 g/mol. The van der Waals surface area contributed by atoms with E-state index >= 15 is 0 Å². The van der Waals surface area contributed by atoms with Crippen LogP contribution in [0, 0.1) is 5.41 Å². The summed E-state index contributed by atoms with van der Waals surface area (Å²) in [5, 5.41) is 0.0244. The number of nitrogens with two attached hydrogens (primary N) is 1. The zero-order chi connectivity index (χ0) is 13.3. The number of thioether (sulfide) groups is 1. The van der Waals surface area contributed by atoms with Gasteiger partial charge in [0, 0.05) is 31.4 Å². The molecule has 0 aromatic carbocycles. The van der Waals surface area contributed by atoms with E-state index < -0.39 is 0 Å². The molecule has 18 heavy (non-hydrogen) atoms. The van der Waals surface area contributed by atoms with Crippen LogP contribution in [0.15, 0.2) is 0 Å². The summed E-state index contributed by atoms with van der Waals surface area (Å²) in [4.78, 5) is 27.1. The number of piperidine rings is 1. The molecule has 0 aromatic rings. The van der Waals surface area contributed by atoms with Gasteiger partial charge >= 0.3 is 0 Å². The standard InChI is InChI=1S/C12H21N3O2S/c1-12(2)8-15(4-3-9(12)13)10(16)7-14-5-6-18-11(14)17/h9H,3-8,13H2,1-2H3. The Hall–Kier alpha value is -0.750. The highest BCUT2D eigenvalue weighted by Gasteiger charge is 2.36. The van der Waals surface area contributed by atoms with E-state index in [0.717, 1.165) is 12.2 Å². The molecule has 2 heterocycles. The molecule has 0 aromatic heterocycles. The largest absolute Gasteiger partial charge is 0.341 e. The second-order valence-corrected chi connectivity index (χ2v) is 6.78. The van der Waals surface area contributed by atoms with Crippen molar-refractivity contribution in [2.45, 2.75) is 26.3 Å². The first-order valence-corrected chi connectivity index (χ1v) is 7.34. The fourth-order valence-electron chi connectivity index (χ4n) is 2.42. The van der Waals surface area contributed by atoms with E-state index in [4.69, 9.17) is 5.73 Å². The molecule has 2 aliphatic rings. The first kappa shape index (κ1) is 13.7. The number of hydrogen-bond acceptors (Lipinski definition) is 4. The number of nitrogens with zero attached hydrogens (tertiary/aromatic N) is 2. The fourth-order valence-corrected chi connectivity index (χ4v) is 3.24. The van der Waals surface area contributed by atoms with Gasteiger partial charge in [-0.3, -0.25) is 9.59 Å². The third kappa shape index (κ3) is 2.80. The second-order valence-electron chi connectivity index (χ2n) is 5.73. The van der Waals surface area contributed by atoms with Crippen molar-refractivity contribution in [3.8, 4) is 0 Å². The van der Waals surface area contributed by atoms with Crippen molar-refractivity contribution in [1.29, 1.82) is 0 Å². The van der Waals surface area contributed by atoms with Crippen molar-refractivity contribution < 1.29 is 9.59 Å². The first-order valence-electron chi connectivity index (χ1n) is 6.35. The summed E-state index contributed by atoms with van der Waals surface area (Å²) in [7, 11) is 0. The molecule has 0 aliphatic carbocycles. The van der Waals surface area contributed by atoms with Crippen molar-refractivity contribution in [2.75, 3.05) is 31.9 Å². The van der Waals surface area contributed by atoms with Gasteiger partial charge in [-0.15, -0.1) is 0 Å². The predicted octanol–water partition coefficient (Wildman–Crippen LogP) is 0.741. The van der Waals surface area contributed by atoms with Crippen LogP contribution >= 0.6 is 11.8 Å². The van der Waals surface area contributed by atoms with Gasteiger partial charge in [0.1, 0.15) is 6.54 Å². The number of likely N-dealkylation sites (tertiary alicyclic amines) is 1. The van der Waals surface area contributed by atoms with Crippen LogP contribution in [0.3, 0.4) is 0 Å². The van der Waals surface area contributed by atoms with E-state index in [-0.39, 0.29) is 29.1 Å². The molecule has 1 unspecified atom stereocenters. The predicted molar refractivity (Wildman–Crippen MR) is 72.4 cm³/mol. The second kappa shape index (κ2) is 5.09. The molecule has 2 aliphatic heterocycles. The zero-order valence-corrected chi connectivity index (χ0v) is 11.8. The number of amides is 2. The Morgan fingerprint density at radius 2 is 2.22 bits per heavy atom. The van der Waals surface area contributed by atoms with Gasteiger partial charge in [-0.25, -0.2) is 0 Å². The maximum absolute atomic E-state index is 12.2. The van der Waals surface area contributed by atoms with Crippen molar-refractivity contribution in [2.24, 2.45) is 11.1 Å². The van der Waals surface area contributed by atoms with Crippen LogP contribution in [0.25, 0.3) is 0 Å². The van der Waals surface area contributed by atoms with Gasteiger partial charge in [0.2, 0.25) is 5.91 Å². The minimum Gasteiger partial charge on any atom is -0.341 e. The monoisotopic (exact) mass is 271 g/mol. The lowest BCUT2D eigenvalue weighted by molar-refractivity contribution is -0.135. The molecule has 102 valence electrons. The van der Waals surface area contributed by atoms with E-state index in [9.17, 15) is 9.59 Å². The fraction of sp³-hybridized carbons (Fsp3) is 0.833. The summed E-state index contributed by atoms with van der Waals surface area (Å²) in [6.07, 6.45) is 0.835. The van der Waals surface area contributed by atoms with E-state index in [2.05, 4.69) is 13.8 Å². The zero-order valence-electron chi connectivity index (χ0n) is 11.0. The lowest BCUT2D eigenvalue weighted by Gasteiger charge is -2.42. The Labute approximate surface area is 112 Å². The minimum absolute atomic E-state index is 0.0244. The molecule has 5 nitrogen and oxygen atoms in total. The van der Waals surface area contributed by atoms with E-state index in [1.54, 1.807) is 4.90 Å². The highest BCUT2D eigenvalue weighted by molar-refractivity contribution is 8.13. The SMILES string of the molecule is CC1(C)CN(C(=O)CN2CCSC2=O)CCC1N. The maximum Gasteiger partial charge on any atom is 0.282 e. The normalized spacial score (nSPS) is 27.7. The molecule has 1 atom stereocenters. The highest BCUT2D eigenvalue weighted by Crippen LogP contribution is 2.28. The van der Waals surface area contributed by atoms with Crippen molar-refractivity contribution >= 4 is 22.9 Å². The third-order valence-corrected chi connectivity index (χ3v) is 4.73. The van der Waals surface area contributed by atoms with Crippen molar-refractivity contribution in [1.82, 2.24) is 9.80 Å². The van der Waals surface area contributed by atoms with Gasteiger partial charge < -0.3 is 15.5 Å². The van der Waals surface area contributed by atoms with Gasteiger partial charge in [-0.1, -0.05) is 25.6 Å². The van der Waals surface area contributed by atoms with Gasteiger partial charge in [0.15, 0.2) is 0 Å². The Morgan fingerprint density at radius 3 is 2.78 bits per heavy atom. The Kier molecular flexibility index (Phi) is 3.87. The minimum atomic E-state index is -0.0440. The molecule has 6 heteroatoms. The summed E-state index contributed by atoms with van der Waals surface area (Å²) < 4.78 is 0. The molecule has 2 amide bonds. The maximum atomic E-state index is 12.2. The van der Waals surface area contributed by atoms with Crippen LogP contribution < -0.4 is 5.73 Å². The van der Waals surface area contributed by atoms with Crippen molar-refractivity contribution in [3.63, 3.8) is 0 Å². The van der Waals surface area contributed by atoms with E-state index in [1.807, 2.05) is 4.90 Å². The summed E-state index contributed by atoms with van der Waals surface area (Å²) in [5.74, 6) is 0.841. The van der Waals surface area contributed by atoms with Crippen LogP contribution in [-0.2, 0) is 4.79 Å². The lowest BCUT2D eigenvalue weighted by Crippen LogP contribution is -2.55. The molecular weight excluding hydrogens is 250 g/mol. The van der Waals surface area contributed by atoms with Crippen LogP contribution in [0.2, 0.25) is 0 Å². The molecule has 2 fully saturated rings. The van der Waals surface area contributed by atoms with Crippen LogP contribution in [0.1, 0.15) is 20.3 Å². The molecule has 2 saturated heterocycles. The van der Waals surface area contributed by atoms with Crippen LogP contribution in [0.5, 0.6) is 0 Å². The topological polar surface area (TPSA) is 66.6 Å². The van der Waals surface area contributed by atoms with Gasteiger partial charge in [0.25, 0.3) is 5.24 Å². The lowest BCUT2D eigenvalue weighted by atomic mass is 9.79. The molecule has 0 saturated carbocycles. The van der Waals surface area contributed by atoms with Gasteiger partial charge in [-0.2, -0.15) is 0 Å². The first-order chi connectivity index (χ1) is 8.40. The highest BCUT2D eigenvalue weighted by atomic mass is 32.2. The third-order valence-electron chi connectivity index (χ3n) is 3.84. The Bertz CT molecular complexity index is 359. The average Bonchev–Trinajstić information content (AvgIpc) is 2.68. The summed E-state index contributed by atoms with van der Waals surface area (Å²) >= 11 is 1.29. The van der Waals surface area contributed by atoms with Crippen LogP contribution in [0.4, 0.5) is 4.79 Å². The van der Waals surface area contributed by atoms with Crippen molar-refractivity contribution in [3.05, 3.63) is 0 Å². The number of hydrogen-bond donors (Lipinski definition) is 1. The number of rotatable bonds is 2. The van der Waals surface area contributed by atoms with Gasteiger partial charge in [-0.05, 0) is 11.8 Å². The Balaban J connectivity index is 1.91.